The number of rotatable bonds is 6. The summed E-state index contributed by atoms with van der Waals surface area (Å²) in [4.78, 5) is 13.7. The van der Waals surface area contributed by atoms with Gasteiger partial charge >= 0.3 is 0 Å². The van der Waals surface area contributed by atoms with Crippen LogP contribution < -0.4 is 10.2 Å². The minimum atomic E-state index is -0.911. The highest BCUT2D eigenvalue weighted by molar-refractivity contribution is 5.94. The van der Waals surface area contributed by atoms with Gasteiger partial charge < -0.3 is 24.1 Å². The van der Waals surface area contributed by atoms with Crippen molar-refractivity contribution in [1.82, 2.24) is 0 Å². The highest BCUT2D eigenvalue weighted by Gasteiger charge is 2.35. The second-order valence-corrected chi connectivity index (χ2v) is 9.50. The molecule has 4 rings (SSSR count). The Bertz CT molecular complexity index is 1290. The highest BCUT2D eigenvalue weighted by Crippen LogP contribution is 2.44. The van der Waals surface area contributed by atoms with Gasteiger partial charge in [0.1, 0.15) is 16.9 Å². The van der Waals surface area contributed by atoms with E-state index in [1.54, 1.807) is 18.2 Å². The van der Waals surface area contributed by atoms with Crippen LogP contribution in [0.4, 0.5) is 0 Å². The minimum Gasteiger partial charge on any atom is -0.492 e. The van der Waals surface area contributed by atoms with Crippen LogP contribution in [0.2, 0.25) is 0 Å². The summed E-state index contributed by atoms with van der Waals surface area (Å²) >= 11 is 0. The molecule has 2 aromatic carbocycles. The summed E-state index contributed by atoms with van der Waals surface area (Å²) in [6.45, 7) is 14.1. The molecule has 0 radical (unpaired) electrons. The molecule has 33 heavy (non-hydrogen) atoms. The van der Waals surface area contributed by atoms with E-state index in [4.69, 9.17) is 13.9 Å². The summed E-state index contributed by atoms with van der Waals surface area (Å²) in [5, 5.41) is 22.7. The largest absolute Gasteiger partial charge is 0.492 e. The quantitative estimate of drug-likeness (QED) is 0.420. The number of hydrogen-bond acceptors (Lipinski definition) is 6. The molecule has 0 spiro atoms. The number of benzene rings is 2. The molecule has 0 amide bonds. The van der Waals surface area contributed by atoms with Gasteiger partial charge in [-0.25, -0.2) is 0 Å². The van der Waals surface area contributed by atoms with E-state index in [1.807, 2.05) is 40.7 Å². The van der Waals surface area contributed by atoms with E-state index in [1.165, 1.54) is 0 Å². The van der Waals surface area contributed by atoms with Crippen LogP contribution in [-0.4, -0.2) is 35.1 Å². The first-order valence-corrected chi connectivity index (χ1v) is 11.4. The van der Waals surface area contributed by atoms with Crippen LogP contribution in [0.3, 0.4) is 0 Å². The lowest BCUT2D eigenvalue weighted by Gasteiger charge is -2.32. The van der Waals surface area contributed by atoms with Crippen LogP contribution >= 0.6 is 0 Å². The Hall–Kier alpha value is -2.67. The molecule has 1 aromatic heterocycles. The van der Waals surface area contributed by atoms with E-state index in [-0.39, 0.29) is 17.8 Å². The second-order valence-electron chi connectivity index (χ2n) is 9.50. The van der Waals surface area contributed by atoms with Crippen molar-refractivity contribution in [3.8, 4) is 5.75 Å². The van der Waals surface area contributed by atoms with Crippen molar-refractivity contribution < 1.29 is 24.1 Å². The van der Waals surface area contributed by atoms with Crippen LogP contribution in [-0.2, 0) is 11.2 Å². The van der Waals surface area contributed by atoms with Crippen molar-refractivity contribution >= 4 is 21.9 Å². The lowest BCUT2D eigenvalue weighted by Crippen LogP contribution is -2.40. The van der Waals surface area contributed by atoms with Crippen molar-refractivity contribution in [2.45, 2.75) is 58.8 Å². The number of hydrogen-bond donors (Lipinski definition) is 2. The molecule has 0 fully saturated rings. The zero-order chi connectivity index (χ0) is 24.1. The Morgan fingerprint density at radius 1 is 1.36 bits per heavy atom. The predicted molar refractivity (Wildman–Crippen MR) is 129 cm³/mol. The van der Waals surface area contributed by atoms with Crippen LogP contribution in [0.15, 0.2) is 45.6 Å². The van der Waals surface area contributed by atoms with E-state index in [0.717, 1.165) is 16.7 Å². The number of aryl methyl sites for hydroxylation is 1. The standard InChI is InChI=1S/C27H32O6/c1-7-32-27(5,6)20(28)12-16-9-8-10-17-23(29)21-19(33-26(16)17)11-15(4)25-22(21)24(30)18(13-31-25)14(2)3/h8-11,18,20,24,28,30H,2,7,12-13H2,1,3-6H3/t18-,20+,24-/m1/s1. The van der Waals surface area contributed by atoms with E-state index in [9.17, 15) is 15.0 Å². The molecule has 0 aliphatic carbocycles. The molecular weight excluding hydrogens is 420 g/mol. The van der Waals surface area contributed by atoms with E-state index in [2.05, 4.69) is 6.58 Å². The van der Waals surface area contributed by atoms with Crippen molar-refractivity contribution in [3.05, 3.63) is 63.3 Å². The Morgan fingerprint density at radius 2 is 2.09 bits per heavy atom. The first-order valence-electron chi connectivity index (χ1n) is 11.4. The summed E-state index contributed by atoms with van der Waals surface area (Å²) in [5.41, 5.74) is 2.61. The van der Waals surface area contributed by atoms with Crippen LogP contribution in [0.5, 0.6) is 5.75 Å². The Balaban J connectivity index is 1.93. The zero-order valence-corrected chi connectivity index (χ0v) is 19.9. The summed E-state index contributed by atoms with van der Waals surface area (Å²) in [5.74, 6) is 0.226. The molecule has 6 heteroatoms. The normalized spacial score (nSPS) is 19.4. The lowest BCUT2D eigenvalue weighted by molar-refractivity contribution is -0.0954. The number of para-hydroxylation sites is 1. The molecule has 0 saturated heterocycles. The third kappa shape index (κ3) is 3.97. The zero-order valence-electron chi connectivity index (χ0n) is 19.9. The Morgan fingerprint density at radius 3 is 2.76 bits per heavy atom. The first-order chi connectivity index (χ1) is 15.6. The molecule has 176 valence electrons. The third-order valence-electron chi connectivity index (χ3n) is 6.70. The summed E-state index contributed by atoms with van der Waals surface area (Å²) in [6.07, 6.45) is -1.43. The van der Waals surface area contributed by atoms with Gasteiger partial charge in [-0.3, -0.25) is 4.79 Å². The van der Waals surface area contributed by atoms with E-state index < -0.39 is 17.8 Å². The maximum atomic E-state index is 13.7. The summed E-state index contributed by atoms with van der Waals surface area (Å²) in [6, 6.07) is 7.12. The summed E-state index contributed by atoms with van der Waals surface area (Å²) < 4.78 is 17.9. The third-order valence-corrected chi connectivity index (χ3v) is 6.70. The fraction of sp³-hybridized carbons (Fsp3) is 0.444. The van der Waals surface area contributed by atoms with Crippen molar-refractivity contribution in [2.24, 2.45) is 5.92 Å². The van der Waals surface area contributed by atoms with Crippen molar-refractivity contribution in [2.75, 3.05) is 13.2 Å². The Kier molecular flexibility index (Phi) is 6.12. The van der Waals surface area contributed by atoms with Gasteiger partial charge in [-0.1, -0.05) is 24.3 Å². The number of aliphatic hydroxyl groups excluding tert-OH is 2. The molecule has 2 N–H and O–H groups in total. The van der Waals surface area contributed by atoms with Gasteiger partial charge in [0.15, 0.2) is 0 Å². The maximum absolute atomic E-state index is 13.7. The monoisotopic (exact) mass is 452 g/mol. The van der Waals surface area contributed by atoms with Gasteiger partial charge in [0.2, 0.25) is 5.43 Å². The van der Waals surface area contributed by atoms with Gasteiger partial charge in [-0.05, 0) is 57.9 Å². The van der Waals surface area contributed by atoms with E-state index in [0.29, 0.717) is 46.5 Å². The smallest absolute Gasteiger partial charge is 0.201 e. The number of fused-ring (bicyclic) bond motifs is 4. The molecule has 3 aromatic rings. The molecule has 3 atom stereocenters. The molecule has 1 aliphatic heterocycles. The lowest BCUT2D eigenvalue weighted by atomic mass is 9.85. The van der Waals surface area contributed by atoms with Crippen molar-refractivity contribution in [1.29, 1.82) is 0 Å². The molecule has 0 saturated carbocycles. The van der Waals surface area contributed by atoms with Crippen LogP contribution in [0, 0.1) is 12.8 Å². The number of aliphatic hydroxyl groups is 2. The van der Waals surface area contributed by atoms with Gasteiger partial charge in [0.25, 0.3) is 0 Å². The topological polar surface area (TPSA) is 89.1 Å². The highest BCUT2D eigenvalue weighted by atomic mass is 16.5. The fourth-order valence-corrected chi connectivity index (χ4v) is 4.67. The fourth-order valence-electron chi connectivity index (χ4n) is 4.67. The van der Waals surface area contributed by atoms with Crippen molar-refractivity contribution in [3.63, 3.8) is 0 Å². The first kappa shape index (κ1) is 23.5. The minimum absolute atomic E-state index is 0.229. The molecule has 0 bridgehead atoms. The predicted octanol–water partition coefficient (Wildman–Crippen LogP) is 4.59. The van der Waals surface area contributed by atoms with Gasteiger partial charge in [0, 0.05) is 24.5 Å². The average molecular weight is 453 g/mol. The Labute approximate surface area is 193 Å². The van der Waals surface area contributed by atoms with E-state index >= 15 is 0 Å². The maximum Gasteiger partial charge on any atom is 0.201 e. The van der Waals surface area contributed by atoms with Crippen LogP contribution in [0.1, 0.15) is 50.5 Å². The molecule has 1 aliphatic rings. The molecular formula is C27H32O6. The molecule has 0 unspecified atom stereocenters. The number of ether oxygens (including phenoxy) is 2. The average Bonchev–Trinajstić information content (AvgIpc) is 2.74. The second kappa shape index (κ2) is 8.60. The summed E-state index contributed by atoms with van der Waals surface area (Å²) in [7, 11) is 0. The molecule has 2 heterocycles. The van der Waals surface area contributed by atoms with Crippen LogP contribution in [0.25, 0.3) is 21.9 Å². The van der Waals surface area contributed by atoms with Gasteiger partial charge in [-0.15, -0.1) is 0 Å². The van der Waals surface area contributed by atoms with Gasteiger partial charge in [0.05, 0.1) is 35.2 Å². The SMILES string of the molecule is C=C(C)[C@H]1COc2c(C)cc3oc4c(C[C@H](O)C(C)(C)OCC)cccc4c(=O)c3c2[C@@H]1O. The molecule has 6 nitrogen and oxygen atoms in total. The van der Waals surface area contributed by atoms with Gasteiger partial charge in [-0.2, -0.15) is 0 Å².